The molecule has 1 fully saturated rings. The van der Waals surface area contributed by atoms with Crippen LogP contribution < -0.4 is 4.74 Å². The molecule has 0 saturated carbocycles. The molecule has 2 rings (SSSR count). The zero-order valence-corrected chi connectivity index (χ0v) is 12.1. The van der Waals surface area contributed by atoms with Crippen LogP contribution in [0.1, 0.15) is 30.1 Å². The molecule has 4 nitrogen and oxygen atoms in total. The van der Waals surface area contributed by atoms with Gasteiger partial charge in [0.1, 0.15) is 5.75 Å². The van der Waals surface area contributed by atoms with Crippen LogP contribution in [0.15, 0.2) is 18.2 Å². The lowest BCUT2D eigenvalue weighted by atomic mass is 9.95. The first-order chi connectivity index (χ1) is 8.91. The molecule has 0 aliphatic carbocycles. The van der Waals surface area contributed by atoms with Gasteiger partial charge in [0.15, 0.2) is 9.84 Å². The Morgan fingerprint density at radius 3 is 2.79 bits per heavy atom. The second-order valence-corrected chi connectivity index (χ2v) is 7.49. The van der Waals surface area contributed by atoms with Crippen LogP contribution in [0, 0.1) is 12.8 Å². The van der Waals surface area contributed by atoms with Crippen LogP contribution in [0.4, 0.5) is 0 Å². The average Bonchev–Trinajstić information content (AvgIpc) is 2.68. The number of aryl methyl sites for hydroxylation is 1. The fourth-order valence-corrected chi connectivity index (χ4v) is 4.49. The van der Waals surface area contributed by atoms with Crippen LogP contribution in [0.3, 0.4) is 0 Å². The summed E-state index contributed by atoms with van der Waals surface area (Å²) in [5, 5.41) is 10.3. The summed E-state index contributed by atoms with van der Waals surface area (Å²) >= 11 is 0. The Hall–Kier alpha value is -1.07. The molecule has 1 saturated heterocycles. The van der Waals surface area contributed by atoms with Crippen molar-refractivity contribution < 1.29 is 18.3 Å². The summed E-state index contributed by atoms with van der Waals surface area (Å²) in [4.78, 5) is 0. The number of rotatable bonds is 4. The number of sulfone groups is 1. The van der Waals surface area contributed by atoms with Gasteiger partial charge in [-0.1, -0.05) is 11.6 Å². The maximum Gasteiger partial charge on any atom is 0.150 e. The minimum Gasteiger partial charge on any atom is -0.496 e. The molecule has 1 aliphatic rings. The zero-order valence-electron chi connectivity index (χ0n) is 11.3. The van der Waals surface area contributed by atoms with Gasteiger partial charge in [-0.25, -0.2) is 8.42 Å². The molecule has 1 N–H and O–H groups in total. The van der Waals surface area contributed by atoms with E-state index in [0.717, 1.165) is 11.1 Å². The summed E-state index contributed by atoms with van der Waals surface area (Å²) in [5.74, 6) is 1.14. The van der Waals surface area contributed by atoms with Crippen LogP contribution >= 0.6 is 0 Å². The molecule has 1 aromatic rings. The normalized spacial score (nSPS) is 23.2. The van der Waals surface area contributed by atoms with Crippen molar-refractivity contribution in [3.63, 3.8) is 0 Å². The fourth-order valence-electron chi connectivity index (χ4n) is 2.61. The van der Waals surface area contributed by atoms with Crippen LogP contribution in [0.25, 0.3) is 0 Å². The molecule has 0 aromatic heterocycles. The lowest BCUT2D eigenvalue weighted by molar-refractivity contribution is 0.145. The number of methoxy groups -OCH3 is 1. The summed E-state index contributed by atoms with van der Waals surface area (Å²) in [7, 11) is -1.32. The van der Waals surface area contributed by atoms with Crippen LogP contribution in [-0.4, -0.2) is 32.1 Å². The zero-order chi connectivity index (χ0) is 14.0. The smallest absolute Gasteiger partial charge is 0.150 e. The molecule has 0 bridgehead atoms. The molecular formula is C14H20O4S. The van der Waals surface area contributed by atoms with Crippen LogP contribution in [-0.2, 0) is 9.84 Å². The number of ether oxygens (including phenoxy) is 1. The molecule has 2 atom stereocenters. The summed E-state index contributed by atoms with van der Waals surface area (Å²) < 4.78 is 28.1. The first-order valence-electron chi connectivity index (χ1n) is 6.44. The van der Waals surface area contributed by atoms with E-state index in [0.29, 0.717) is 18.6 Å². The third kappa shape index (κ3) is 3.48. The van der Waals surface area contributed by atoms with Gasteiger partial charge in [0.25, 0.3) is 0 Å². The summed E-state index contributed by atoms with van der Waals surface area (Å²) in [6.45, 7) is 1.95. The Labute approximate surface area is 114 Å². The van der Waals surface area contributed by atoms with E-state index in [1.165, 1.54) is 0 Å². The molecule has 1 aromatic carbocycles. The molecule has 19 heavy (non-hydrogen) atoms. The molecule has 5 heteroatoms. The van der Waals surface area contributed by atoms with Gasteiger partial charge in [-0.05, 0) is 37.8 Å². The van der Waals surface area contributed by atoms with Crippen molar-refractivity contribution in [2.75, 3.05) is 18.6 Å². The van der Waals surface area contributed by atoms with Crippen molar-refractivity contribution >= 4 is 9.84 Å². The summed E-state index contributed by atoms with van der Waals surface area (Å²) in [6, 6.07) is 5.65. The van der Waals surface area contributed by atoms with E-state index in [4.69, 9.17) is 4.74 Å². The SMILES string of the molecule is COc1ccc(C)cc1C(O)CC1CCS(=O)(=O)C1. The van der Waals surface area contributed by atoms with E-state index in [9.17, 15) is 13.5 Å². The topological polar surface area (TPSA) is 63.6 Å². The van der Waals surface area contributed by atoms with Gasteiger partial charge in [-0.3, -0.25) is 0 Å². The first kappa shape index (κ1) is 14.3. The molecule has 2 unspecified atom stereocenters. The highest BCUT2D eigenvalue weighted by Crippen LogP contribution is 2.33. The second kappa shape index (κ2) is 5.51. The molecule has 0 radical (unpaired) electrons. The van der Waals surface area contributed by atoms with E-state index in [2.05, 4.69) is 0 Å². The largest absolute Gasteiger partial charge is 0.496 e. The number of benzene rings is 1. The van der Waals surface area contributed by atoms with Gasteiger partial charge >= 0.3 is 0 Å². The Morgan fingerprint density at radius 1 is 1.47 bits per heavy atom. The van der Waals surface area contributed by atoms with Gasteiger partial charge in [0.2, 0.25) is 0 Å². The minimum atomic E-state index is -2.89. The highest BCUT2D eigenvalue weighted by molar-refractivity contribution is 7.91. The fraction of sp³-hybridized carbons (Fsp3) is 0.571. The van der Waals surface area contributed by atoms with Gasteiger partial charge in [-0.2, -0.15) is 0 Å². The second-order valence-electron chi connectivity index (χ2n) is 5.27. The minimum absolute atomic E-state index is 0.0465. The third-order valence-electron chi connectivity index (χ3n) is 3.63. The number of aliphatic hydroxyl groups excluding tert-OH is 1. The van der Waals surface area contributed by atoms with Gasteiger partial charge < -0.3 is 9.84 Å². The standard InChI is InChI=1S/C14H20O4S/c1-10-3-4-14(18-2)12(7-10)13(15)8-11-5-6-19(16,17)9-11/h3-4,7,11,13,15H,5-6,8-9H2,1-2H3. The molecule has 1 heterocycles. The maximum atomic E-state index is 11.4. The molecule has 106 valence electrons. The van der Waals surface area contributed by atoms with E-state index < -0.39 is 15.9 Å². The van der Waals surface area contributed by atoms with Crippen LogP contribution in [0.2, 0.25) is 0 Å². The first-order valence-corrected chi connectivity index (χ1v) is 8.26. The Bertz CT molecular complexity index is 551. The predicted molar refractivity (Wildman–Crippen MR) is 74.1 cm³/mol. The lowest BCUT2D eigenvalue weighted by Gasteiger charge is -2.18. The van der Waals surface area contributed by atoms with Crippen molar-refractivity contribution in [2.45, 2.75) is 25.9 Å². The summed E-state index contributed by atoms with van der Waals surface area (Å²) in [5.41, 5.74) is 1.79. The maximum absolute atomic E-state index is 11.4. The van der Waals surface area contributed by atoms with E-state index in [1.54, 1.807) is 7.11 Å². The lowest BCUT2D eigenvalue weighted by Crippen LogP contribution is -2.10. The van der Waals surface area contributed by atoms with E-state index >= 15 is 0 Å². The van der Waals surface area contributed by atoms with E-state index in [-0.39, 0.29) is 17.4 Å². The van der Waals surface area contributed by atoms with Crippen molar-refractivity contribution in [1.29, 1.82) is 0 Å². The Kier molecular flexibility index (Phi) is 4.16. The van der Waals surface area contributed by atoms with Gasteiger partial charge in [0, 0.05) is 5.56 Å². The molecule has 0 amide bonds. The van der Waals surface area contributed by atoms with Crippen molar-refractivity contribution in [2.24, 2.45) is 5.92 Å². The number of hydrogen-bond acceptors (Lipinski definition) is 4. The van der Waals surface area contributed by atoms with Crippen LogP contribution in [0.5, 0.6) is 5.75 Å². The molecule has 0 spiro atoms. The van der Waals surface area contributed by atoms with E-state index in [1.807, 2.05) is 25.1 Å². The predicted octanol–water partition coefficient (Wildman–Crippen LogP) is 1.86. The highest BCUT2D eigenvalue weighted by Gasteiger charge is 2.30. The third-order valence-corrected chi connectivity index (χ3v) is 5.46. The van der Waals surface area contributed by atoms with Crippen molar-refractivity contribution in [3.05, 3.63) is 29.3 Å². The van der Waals surface area contributed by atoms with Crippen molar-refractivity contribution in [3.8, 4) is 5.75 Å². The quantitative estimate of drug-likeness (QED) is 0.916. The Balaban J connectivity index is 2.12. The highest BCUT2D eigenvalue weighted by atomic mass is 32.2. The monoisotopic (exact) mass is 284 g/mol. The molecule has 1 aliphatic heterocycles. The summed E-state index contributed by atoms with van der Waals surface area (Å²) in [6.07, 6.45) is 0.445. The number of aliphatic hydroxyl groups is 1. The average molecular weight is 284 g/mol. The Morgan fingerprint density at radius 2 is 2.21 bits per heavy atom. The number of hydrogen-bond donors (Lipinski definition) is 1. The van der Waals surface area contributed by atoms with Gasteiger partial charge in [-0.15, -0.1) is 0 Å². The molecular weight excluding hydrogens is 264 g/mol. The van der Waals surface area contributed by atoms with Gasteiger partial charge in [0.05, 0.1) is 24.7 Å². The van der Waals surface area contributed by atoms with Crippen molar-refractivity contribution in [1.82, 2.24) is 0 Å².